The number of nitrogens with zero attached hydrogens (tertiary/aromatic N) is 2. The Morgan fingerprint density at radius 2 is 1.06 bits per heavy atom. The van der Waals surface area contributed by atoms with E-state index in [4.69, 9.17) is 14.7 Å². The smallest absolute Gasteiger partial charge is 0.303 e. The van der Waals surface area contributed by atoms with E-state index >= 15 is 0 Å². The molecule has 0 saturated carbocycles. The molecule has 0 amide bonds. The second-order valence-electron chi connectivity index (χ2n) is 12.1. The molecule has 0 radical (unpaired) electrons. The van der Waals surface area contributed by atoms with Crippen molar-refractivity contribution in [1.29, 1.82) is 0 Å². The molecule has 48 heavy (non-hydrogen) atoms. The van der Waals surface area contributed by atoms with Crippen LogP contribution in [-0.2, 0) is 36.8 Å². The number of aryl methyl sites for hydroxylation is 3. The molecular formula is C36H38N4O8. The van der Waals surface area contributed by atoms with Crippen molar-refractivity contribution < 1.29 is 39.2 Å². The van der Waals surface area contributed by atoms with E-state index in [2.05, 4.69) is 9.97 Å². The van der Waals surface area contributed by atoms with Gasteiger partial charge in [0.1, 0.15) is 0 Å². The molecule has 5 N–H and O–H groups in total. The highest BCUT2D eigenvalue weighted by Gasteiger charge is 2.23. The molecule has 5 heterocycles. The van der Waals surface area contributed by atoms with Gasteiger partial charge in [-0.2, -0.15) is 0 Å². The van der Waals surface area contributed by atoms with Crippen LogP contribution in [0.5, 0.6) is 0 Å². The van der Waals surface area contributed by atoms with Crippen molar-refractivity contribution in [1.82, 2.24) is 19.9 Å². The molecule has 0 aromatic carbocycles. The van der Waals surface area contributed by atoms with E-state index in [9.17, 15) is 34.5 Å². The molecule has 0 aliphatic carbocycles. The quantitative estimate of drug-likeness (QED) is 0.104. The number of H-pyrrole nitrogens is 2. The summed E-state index contributed by atoms with van der Waals surface area (Å²) in [4.78, 5) is 62.6. The highest BCUT2D eigenvalue weighted by Crippen LogP contribution is 2.38. The lowest BCUT2D eigenvalue weighted by Crippen LogP contribution is -1.98. The molecule has 12 heteroatoms. The first-order valence-electron chi connectivity index (χ1n) is 15.7. The zero-order valence-corrected chi connectivity index (χ0v) is 27.3. The van der Waals surface area contributed by atoms with Crippen molar-refractivity contribution >= 4 is 68.7 Å². The summed E-state index contributed by atoms with van der Waals surface area (Å²) in [6, 6.07) is 7.54. The standard InChI is InChI=1S/C36H38N4O8/c1-18-22(5-8-34(42)43)30-13-27-19(2)23(6-9-35(44)45)32(38-27)15-29-21(4)25(11-12-48-17-41)33(40-29)16-28-20(3)24(7-10-36(46)47)31(39-28)14-26(18)37-30/h13-17,39-40H,5-12H2,1-4H3,(H,42,43)(H,44,45)(H,46,47). The number of hydrogen-bond acceptors (Lipinski definition) is 7. The van der Waals surface area contributed by atoms with Crippen LogP contribution in [-0.4, -0.2) is 66.2 Å². The first-order valence-corrected chi connectivity index (χ1v) is 15.7. The number of carbonyl (C=O) groups excluding carboxylic acids is 1. The van der Waals surface area contributed by atoms with E-state index in [-0.39, 0.29) is 45.1 Å². The van der Waals surface area contributed by atoms with E-state index in [1.54, 1.807) is 0 Å². The van der Waals surface area contributed by atoms with E-state index in [0.29, 0.717) is 41.2 Å². The van der Waals surface area contributed by atoms with Crippen molar-refractivity contribution in [3.63, 3.8) is 0 Å². The summed E-state index contributed by atoms with van der Waals surface area (Å²) in [5.74, 6) is -2.78. The van der Waals surface area contributed by atoms with Crippen LogP contribution in [0.3, 0.4) is 0 Å². The van der Waals surface area contributed by atoms with Gasteiger partial charge < -0.3 is 30.0 Å². The van der Waals surface area contributed by atoms with Crippen LogP contribution >= 0.6 is 0 Å². The third kappa shape index (κ3) is 7.07. The Labute approximate surface area is 276 Å². The number of allylic oxidation sites excluding steroid dienone is 4. The van der Waals surface area contributed by atoms with Crippen LogP contribution in [0.25, 0.3) is 44.4 Å². The van der Waals surface area contributed by atoms with Gasteiger partial charge in [0.25, 0.3) is 6.47 Å². The van der Waals surface area contributed by atoms with Gasteiger partial charge in [0.05, 0.1) is 29.4 Å². The van der Waals surface area contributed by atoms with Gasteiger partial charge in [-0.3, -0.25) is 19.2 Å². The molecule has 0 fully saturated rings. The van der Waals surface area contributed by atoms with Crippen molar-refractivity contribution in [2.24, 2.45) is 0 Å². The van der Waals surface area contributed by atoms with Crippen LogP contribution in [0.1, 0.15) is 91.0 Å². The molecule has 0 saturated heterocycles. The van der Waals surface area contributed by atoms with Gasteiger partial charge in [-0.1, -0.05) is 0 Å². The summed E-state index contributed by atoms with van der Waals surface area (Å²) in [6.45, 7) is 8.24. The number of carbonyl (C=O) groups is 4. The van der Waals surface area contributed by atoms with Gasteiger partial charge in [0.15, 0.2) is 0 Å². The van der Waals surface area contributed by atoms with E-state index in [1.807, 2.05) is 52.0 Å². The van der Waals surface area contributed by atoms with Crippen LogP contribution in [0.4, 0.5) is 0 Å². The normalized spacial score (nSPS) is 12.8. The van der Waals surface area contributed by atoms with Crippen molar-refractivity contribution in [3.8, 4) is 0 Å². The second-order valence-corrected chi connectivity index (χ2v) is 12.1. The van der Waals surface area contributed by atoms with Gasteiger partial charge in [0.2, 0.25) is 0 Å². The number of carboxylic acid groups (broad SMARTS) is 3. The van der Waals surface area contributed by atoms with Crippen molar-refractivity contribution in [3.05, 3.63) is 69.3 Å². The minimum atomic E-state index is -0.936. The zero-order valence-electron chi connectivity index (χ0n) is 27.3. The topological polar surface area (TPSA) is 196 Å². The average molecular weight is 655 g/mol. The Kier molecular flexibility index (Phi) is 9.92. The number of aromatic amines is 2. The molecule has 0 unspecified atom stereocenters. The zero-order chi connectivity index (χ0) is 34.7. The lowest BCUT2D eigenvalue weighted by Gasteiger charge is -2.04. The number of aliphatic carboxylic acids is 3. The third-order valence-electron chi connectivity index (χ3n) is 9.10. The van der Waals surface area contributed by atoms with Crippen LogP contribution < -0.4 is 0 Å². The van der Waals surface area contributed by atoms with E-state index in [0.717, 1.165) is 61.1 Å². The first kappa shape index (κ1) is 33.8. The number of aromatic nitrogens is 4. The Morgan fingerprint density at radius 3 is 1.60 bits per heavy atom. The van der Waals surface area contributed by atoms with Gasteiger partial charge in [-0.05, 0) is 116 Å². The lowest BCUT2D eigenvalue weighted by molar-refractivity contribution is -0.137. The fourth-order valence-electron chi connectivity index (χ4n) is 6.40. The molecule has 250 valence electrons. The molecule has 0 atom stereocenters. The molecule has 8 bridgehead atoms. The maximum Gasteiger partial charge on any atom is 0.303 e. The largest absolute Gasteiger partial charge is 0.481 e. The Morgan fingerprint density at radius 1 is 0.625 bits per heavy atom. The minimum absolute atomic E-state index is 0.0709. The molecule has 12 nitrogen and oxygen atoms in total. The van der Waals surface area contributed by atoms with E-state index in [1.165, 1.54) is 0 Å². The summed E-state index contributed by atoms with van der Waals surface area (Å²) in [5.41, 5.74) is 12.1. The van der Waals surface area contributed by atoms with Gasteiger partial charge in [-0.25, -0.2) is 9.97 Å². The number of fused-ring (bicyclic) bond motifs is 8. The van der Waals surface area contributed by atoms with Gasteiger partial charge in [0, 0.05) is 47.8 Å². The summed E-state index contributed by atoms with van der Waals surface area (Å²) >= 11 is 0. The van der Waals surface area contributed by atoms with Crippen molar-refractivity contribution in [2.75, 3.05) is 6.61 Å². The Hall–Kier alpha value is -5.52. The number of rotatable bonds is 13. The molecule has 5 rings (SSSR count). The second kappa shape index (κ2) is 14.1. The average Bonchev–Trinajstić information content (AvgIpc) is 3.68. The summed E-state index contributed by atoms with van der Waals surface area (Å²) in [7, 11) is 0. The highest BCUT2D eigenvalue weighted by atomic mass is 16.5. The predicted octanol–water partition coefficient (Wildman–Crippen LogP) is 6.26. The summed E-state index contributed by atoms with van der Waals surface area (Å²) in [5, 5.41) is 28.5. The predicted molar refractivity (Wildman–Crippen MR) is 181 cm³/mol. The summed E-state index contributed by atoms with van der Waals surface area (Å²) < 4.78 is 5.04. The Balaban J connectivity index is 1.90. The number of carboxylic acids is 3. The number of nitrogens with one attached hydrogen (secondary N) is 2. The Bertz CT molecular complexity index is 2060. The SMILES string of the molecule is CC1=C(CCC(=O)O)c2cc3nc(cc4[nH]c(cc5[nH]c(cc1n2)c(CCC(=O)O)c5C)c(CCOC=O)c4C)C(CCC(=O)O)=C3C. The summed E-state index contributed by atoms with van der Waals surface area (Å²) in [6.07, 6.45) is 0.965. The number of hydrogen-bond donors (Lipinski definition) is 5. The highest BCUT2D eigenvalue weighted by molar-refractivity contribution is 5.96. The maximum absolute atomic E-state index is 11.6. The molecule has 2 aliphatic heterocycles. The molecule has 3 aromatic rings. The van der Waals surface area contributed by atoms with Gasteiger partial charge >= 0.3 is 17.9 Å². The fraction of sp³-hybridized carbons (Fsp3) is 0.333. The molecule has 3 aromatic heterocycles. The van der Waals surface area contributed by atoms with Crippen LogP contribution in [0.15, 0.2) is 24.3 Å². The van der Waals surface area contributed by atoms with E-state index < -0.39 is 17.9 Å². The molecular weight excluding hydrogens is 616 g/mol. The number of ether oxygens (including phenoxy) is 1. The first-order chi connectivity index (χ1) is 22.9. The lowest BCUT2D eigenvalue weighted by atomic mass is 9.98. The monoisotopic (exact) mass is 654 g/mol. The molecule has 0 spiro atoms. The van der Waals surface area contributed by atoms with Crippen LogP contribution in [0, 0.1) is 13.8 Å². The minimum Gasteiger partial charge on any atom is -0.481 e. The van der Waals surface area contributed by atoms with Crippen molar-refractivity contribution in [2.45, 2.75) is 72.6 Å². The third-order valence-corrected chi connectivity index (χ3v) is 9.10. The van der Waals surface area contributed by atoms with Crippen LogP contribution in [0.2, 0.25) is 0 Å². The maximum atomic E-state index is 11.6. The molecule has 2 aliphatic rings. The fourth-order valence-corrected chi connectivity index (χ4v) is 6.40. The van der Waals surface area contributed by atoms with Gasteiger partial charge in [-0.15, -0.1) is 0 Å².